The van der Waals surface area contributed by atoms with Gasteiger partial charge in [-0.25, -0.2) is 12.7 Å². The fourth-order valence-corrected chi connectivity index (χ4v) is 2.57. The van der Waals surface area contributed by atoms with E-state index in [-0.39, 0.29) is 13.1 Å². The van der Waals surface area contributed by atoms with Crippen molar-refractivity contribution in [3.05, 3.63) is 0 Å². The third-order valence-electron chi connectivity index (χ3n) is 2.80. The van der Waals surface area contributed by atoms with E-state index in [0.29, 0.717) is 13.0 Å². The molecule has 0 saturated heterocycles. The predicted molar refractivity (Wildman–Crippen MR) is 72.5 cm³/mol. The summed E-state index contributed by atoms with van der Waals surface area (Å²) in [5.74, 6) is -3.00. The highest BCUT2D eigenvalue weighted by Crippen LogP contribution is 2.25. The van der Waals surface area contributed by atoms with Gasteiger partial charge in [-0.1, -0.05) is 12.1 Å². The molecule has 0 bridgehead atoms. The van der Waals surface area contributed by atoms with E-state index in [4.69, 9.17) is 10.9 Å². The Kier molecular flexibility index (Phi) is 7.96. The Bertz CT molecular complexity index is 439. The Labute approximate surface area is 122 Å². The molecule has 21 heavy (non-hydrogen) atoms. The largest absolute Gasteiger partial charge is 0.409 e. The molecule has 0 amide bonds. The van der Waals surface area contributed by atoms with Crippen LogP contribution in [-0.4, -0.2) is 62.4 Å². The average Bonchev–Trinajstić information content (AvgIpc) is 2.34. The van der Waals surface area contributed by atoms with Crippen LogP contribution in [0.4, 0.5) is 13.2 Å². The smallest absolute Gasteiger partial charge is 0.400 e. The maximum atomic E-state index is 12.6. The molecule has 0 saturated carbocycles. The van der Waals surface area contributed by atoms with Crippen molar-refractivity contribution in [2.75, 3.05) is 32.4 Å². The molecule has 0 aliphatic carbocycles. The van der Waals surface area contributed by atoms with Gasteiger partial charge < -0.3 is 16.3 Å². The second-order valence-electron chi connectivity index (χ2n) is 4.43. The lowest BCUT2D eigenvalue weighted by Gasteiger charge is -2.20. The van der Waals surface area contributed by atoms with Gasteiger partial charge in [-0.3, -0.25) is 0 Å². The van der Waals surface area contributed by atoms with E-state index in [1.807, 2.05) is 0 Å². The lowest BCUT2D eigenvalue weighted by molar-refractivity contribution is -0.154. The van der Waals surface area contributed by atoms with Crippen LogP contribution < -0.4 is 11.1 Å². The van der Waals surface area contributed by atoms with Crippen LogP contribution in [0.15, 0.2) is 5.16 Å². The summed E-state index contributed by atoms with van der Waals surface area (Å²) in [4.78, 5) is 0. The minimum atomic E-state index is -4.62. The fourth-order valence-electron chi connectivity index (χ4n) is 1.64. The SMILES string of the molecule is CCN(CCCNCC(C(N)=NO)C(F)(F)F)S(C)(=O)=O. The van der Waals surface area contributed by atoms with Crippen LogP contribution in [0.5, 0.6) is 0 Å². The highest BCUT2D eigenvalue weighted by atomic mass is 32.2. The predicted octanol–water partition coefficient (Wildman–Crippen LogP) is 0.173. The second-order valence-corrected chi connectivity index (χ2v) is 6.41. The van der Waals surface area contributed by atoms with Gasteiger partial charge in [0.2, 0.25) is 10.0 Å². The van der Waals surface area contributed by atoms with Crippen LogP contribution in [0, 0.1) is 5.92 Å². The summed E-state index contributed by atoms with van der Waals surface area (Å²) in [5.41, 5.74) is 5.00. The van der Waals surface area contributed by atoms with E-state index in [0.717, 1.165) is 6.26 Å². The molecule has 0 radical (unpaired) electrons. The number of nitrogens with two attached hydrogens (primary N) is 1. The van der Waals surface area contributed by atoms with Gasteiger partial charge in [-0.05, 0) is 13.0 Å². The van der Waals surface area contributed by atoms with Crippen LogP contribution in [0.25, 0.3) is 0 Å². The first-order chi connectivity index (χ1) is 9.54. The minimum absolute atomic E-state index is 0.178. The molecule has 4 N–H and O–H groups in total. The van der Waals surface area contributed by atoms with Crippen molar-refractivity contribution in [3.8, 4) is 0 Å². The summed E-state index contributed by atoms with van der Waals surface area (Å²) in [7, 11) is -3.31. The fraction of sp³-hybridized carbons (Fsp3) is 0.900. The molecule has 11 heteroatoms. The Morgan fingerprint density at radius 3 is 2.43 bits per heavy atom. The number of halogens is 3. The van der Waals surface area contributed by atoms with Crippen molar-refractivity contribution >= 4 is 15.9 Å². The number of nitrogens with zero attached hydrogens (tertiary/aromatic N) is 2. The van der Waals surface area contributed by atoms with Crippen LogP contribution in [0.2, 0.25) is 0 Å². The molecule has 7 nitrogen and oxygen atoms in total. The number of hydrogen-bond donors (Lipinski definition) is 3. The molecule has 0 heterocycles. The van der Waals surface area contributed by atoms with Crippen molar-refractivity contribution in [1.29, 1.82) is 0 Å². The Morgan fingerprint density at radius 2 is 2.05 bits per heavy atom. The molecule has 0 aromatic carbocycles. The van der Waals surface area contributed by atoms with Gasteiger partial charge >= 0.3 is 6.18 Å². The standard InChI is InChI=1S/C10H21F3N4O3S/c1-3-17(21(2,19)20)6-4-5-15-7-8(9(14)16-18)10(11,12)13/h8,15,18H,3-7H2,1-2H3,(H2,14,16). The van der Waals surface area contributed by atoms with E-state index in [2.05, 4.69) is 10.5 Å². The molecule has 1 atom stereocenters. The lowest BCUT2D eigenvalue weighted by Crippen LogP contribution is -2.43. The highest BCUT2D eigenvalue weighted by Gasteiger charge is 2.42. The van der Waals surface area contributed by atoms with E-state index in [1.165, 1.54) is 4.31 Å². The number of hydrogen-bond acceptors (Lipinski definition) is 5. The normalized spacial score (nSPS) is 15.4. The molecule has 1 unspecified atom stereocenters. The molecule has 0 rings (SSSR count). The summed E-state index contributed by atoms with van der Waals surface area (Å²) < 4.78 is 61.6. The Balaban J connectivity index is 4.25. The van der Waals surface area contributed by atoms with Crippen molar-refractivity contribution in [2.45, 2.75) is 19.5 Å². The van der Waals surface area contributed by atoms with Gasteiger partial charge in [0, 0.05) is 19.6 Å². The summed E-state index contributed by atoms with van der Waals surface area (Å²) >= 11 is 0. The second kappa shape index (κ2) is 8.39. The number of amidine groups is 1. The maximum Gasteiger partial charge on any atom is 0.400 e. The topological polar surface area (TPSA) is 108 Å². The van der Waals surface area contributed by atoms with Gasteiger partial charge in [-0.2, -0.15) is 13.2 Å². The molecule has 0 spiro atoms. The molecule has 0 aliphatic rings. The zero-order chi connectivity index (χ0) is 16.7. The zero-order valence-corrected chi connectivity index (χ0v) is 12.7. The number of sulfonamides is 1. The monoisotopic (exact) mass is 334 g/mol. The van der Waals surface area contributed by atoms with Crippen LogP contribution in [0.1, 0.15) is 13.3 Å². The van der Waals surface area contributed by atoms with Crippen molar-refractivity contribution in [2.24, 2.45) is 16.8 Å². The molecular weight excluding hydrogens is 313 g/mol. The van der Waals surface area contributed by atoms with Crippen molar-refractivity contribution < 1.29 is 26.8 Å². The summed E-state index contributed by atoms with van der Waals surface area (Å²) in [5, 5.41) is 13.2. The average molecular weight is 334 g/mol. The number of alkyl halides is 3. The lowest BCUT2D eigenvalue weighted by atomic mass is 10.1. The first kappa shape index (κ1) is 19.9. The maximum absolute atomic E-state index is 12.6. The van der Waals surface area contributed by atoms with Gasteiger partial charge in [0.05, 0.1) is 6.26 Å². The molecule has 126 valence electrons. The molecule has 0 fully saturated rings. The van der Waals surface area contributed by atoms with E-state index < -0.39 is 34.5 Å². The number of oxime groups is 1. The van der Waals surface area contributed by atoms with Gasteiger partial charge in [-0.15, -0.1) is 0 Å². The highest BCUT2D eigenvalue weighted by molar-refractivity contribution is 7.88. The number of nitrogens with one attached hydrogen (secondary N) is 1. The third-order valence-corrected chi connectivity index (χ3v) is 4.18. The van der Waals surface area contributed by atoms with E-state index >= 15 is 0 Å². The number of rotatable bonds is 9. The van der Waals surface area contributed by atoms with Gasteiger partial charge in [0.25, 0.3) is 0 Å². The summed E-state index contributed by atoms with van der Waals surface area (Å²) in [6.45, 7) is 1.82. The van der Waals surface area contributed by atoms with E-state index in [9.17, 15) is 21.6 Å². The minimum Gasteiger partial charge on any atom is -0.409 e. The van der Waals surface area contributed by atoms with E-state index in [1.54, 1.807) is 6.92 Å². The van der Waals surface area contributed by atoms with Crippen molar-refractivity contribution in [1.82, 2.24) is 9.62 Å². The quantitative estimate of drug-likeness (QED) is 0.183. The summed E-state index contributed by atoms with van der Waals surface area (Å²) in [6.07, 6.45) is -3.20. The van der Waals surface area contributed by atoms with Crippen LogP contribution in [-0.2, 0) is 10.0 Å². The first-order valence-corrected chi connectivity index (χ1v) is 8.08. The van der Waals surface area contributed by atoms with Gasteiger partial charge in [0.15, 0.2) is 5.84 Å². The molecular formula is C10H21F3N4O3S. The Morgan fingerprint density at radius 1 is 1.48 bits per heavy atom. The summed E-state index contributed by atoms with van der Waals surface area (Å²) in [6, 6.07) is 0. The third kappa shape index (κ3) is 7.48. The van der Waals surface area contributed by atoms with Crippen molar-refractivity contribution in [3.63, 3.8) is 0 Å². The first-order valence-electron chi connectivity index (χ1n) is 6.24. The molecule has 0 aromatic heterocycles. The zero-order valence-electron chi connectivity index (χ0n) is 11.9. The van der Waals surface area contributed by atoms with Crippen LogP contribution in [0.3, 0.4) is 0 Å². The van der Waals surface area contributed by atoms with Crippen LogP contribution >= 0.6 is 0 Å². The Hall–Kier alpha value is -1.07. The molecule has 0 aromatic rings. The van der Waals surface area contributed by atoms with Gasteiger partial charge in [0.1, 0.15) is 5.92 Å². The molecule has 0 aliphatic heterocycles.